The van der Waals surface area contributed by atoms with E-state index >= 15 is 0 Å². The number of nitrogens with one attached hydrogen (secondary N) is 2. The van der Waals surface area contributed by atoms with Crippen LogP contribution in [0.5, 0.6) is 11.5 Å². The summed E-state index contributed by atoms with van der Waals surface area (Å²) in [5, 5.41) is 7.22. The van der Waals surface area contributed by atoms with Crippen LogP contribution in [0.15, 0.2) is 72.8 Å². The van der Waals surface area contributed by atoms with E-state index in [1.165, 1.54) is 5.56 Å². The van der Waals surface area contributed by atoms with E-state index < -0.39 is 0 Å². The van der Waals surface area contributed by atoms with Gasteiger partial charge in [-0.15, -0.1) is 0 Å². The van der Waals surface area contributed by atoms with Crippen molar-refractivity contribution < 1.29 is 9.47 Å². The van der Waals surface area contributed by atoms with E-state index in [0.717, 1.165) is 28.2 Å². The maximum atomic E-state index is 5.98. The van der Waals surface area contributed by atoms with Gasteiger partial charge < -0.3 is 14.9 Å². The zero-order valence-electron chi connectivity index (χ0n) is 17.5. The van der Waals surface area contributed by atoms with Crippen molar-refractivity contribution in [3.05, 3.63) is 94.3 Å². The summed E-state index contributed by atoms with van der Waals surface area (Å²) in [5.74, 6) is 2.21. The molecule has 0 saturated heterocycles. The van der Waals surface area contributed by atoms with Gasteiger partial charge in [-0.1, -0.05) is 54.1 Å². The van der Waals surface area contributed by atoms with Gasteiger partial charge in [0.2, 0.25) is 4.77 Å². The molecular formula is C24H24N4O2S. The number of methoxy groups -OCH3 is 1. The maximum absolute atomic E-state index is 5.98. The van der Waals surface area contributed by atoms with Crippen molar-refractivity contribution in [1.29, 1.82) is 0 Å². The average molecular weight is 433 g/mol. The molecule has 7 heteroatoms. The zero-order chi connectivity index (χ0) is 21.6. The number of H-pyrrole nitrogens is 1. The van der Waals surface area contributed by atoms with E-state index in [4.69, 9.17) is 21.7 Å². The molecule has 0 saturated carbocycles. The fraction of sp³-hybridized carbons (Fsp3) is 0.167. The molecule has 2 N–H and O–H groups in total. The van der Waals surface area contributed by atoms with Gasteiger partial charge in [-0.25, -0.2) is 9.77 Å². The predicted molar refractivity (Wildman–Crippen MR) is 124 cm³/mol. The highest BCUT2D eigenvalue weighted by atomic mass is 32.1. The van der Waals surface area contributed by atoms with Crippen LogP contribution in [0.2, 0.25) is 0 Å². The zero-order valence-corrected chi connectivity index (χ0v) is 18.3. The number of aryl methyl sites for hydroxylation is 1. The van der Waals surface area contributed by atoms with Crippen LogP contribution >= 0.6 is 12.2 Å². The first-order chi connectivity index (χ1) is 15.1. The fourth-order valence-electron chi connectivity index (χ4n) is 3.34. The third-order valence-electron chi connectivity index (χ3n) is 4.85. The highest BCUT2D eigenvalue weighted by Crippen LogP contribution is 2.27. The number of aromatic amines is 1. The lowest BCUT2D eigenvalue weighted by Gasteiger charge is -2.13. The molecule has 0 aliphatic heterocycles. The first-order valence-corrected chi connectivity index (χ1v) is 10.4. The normalized spacial score (nSPS) is 10.6. The summed E-state index contributed by atoms with van der Waals surface area (Å²) in [5.41, 5.74) is 7.63. The monoisotopic (exact) mass is 432 g/mol. The summed E-state index contributed by atoms with van der Waals surface area (Å²) in [7, 11) is 1.64. The number of ether oxygens (including phenoxy) is 2. The average Bonchev–Trinajstić information content (AvgIpc) is 3.16. The Morgan fingerprint density at radius 3 is 2.65 bits per heavy atom. The molecule has 4 aromatic rings. The van der Waals surface area contributed by atoms with Crippen molar-refractivity contribution in [3.8, 4) is 22.9 Å². The van der Waals surface area contributed by atoms with Crippen molar-refractivity contribution in [2.75, 3.05) is 12.5 Å². The lowest BCUT2D eigenvalue weighted by atomic mass is 10.1. The summed E-state index contributed by atoms with van der Waals surface area (Å²) < 4.78 is 13.7. The van der Waals surface area contributed by atoms with Crippen LogP contribution in [0.1, 0.15) is 16.7 Å². The van der Waals surface area contributed by atoms with Crippen molar-refractivity contribution in [3.63, 3.8) is 0 Å². The molecule has 4 rings (SSSR count). The lowest BCUT2D eigenvalue weighted by molar-refractivity contribution is 0.306. The summed E-state index contributed by atoms with van der Waals surface area (Å²) >= 11 is 5.42. The molecule has 1 aromatic heterocycles. The van der Waals surface area contributed by atoms with Gasteiger partial charge in [0.15, 0.2) is 5.82 Å². The van der Waals surface area contributed by atoms with Crippen LogP contribution in [0, 0.1) is 11.7 Å². The Morgan fingerprint density at radius 1 is 1.00 bits per heavy atom. The maximum Gasteiger partial charge on any atom is 0.214 e. The van der Waals surface area contributed by atoms with Gasteiger partial charge in [-0.2, -0.15) is 5.10 Å². The van der Waals surface area contributed by atoms with E-state index in [0.29, 0.717) is 23.7 Å². The first kappa shape index (κ1) is 20.7. The minimum Gasteiger partial charge on any atom is -0.496 e. The molecule has 31 heavy (non-hydrogen) atoms. The van der Waals surface area contributed by atoms with E-state index in [2.05, 4.69) is 40.7 Å². The number of rotatable bonds is 8. The predicted octanol–water partition coefficient (Wildman–Crippen LogP) is 5.25. The summed E-state index contributed by atoms with van der Waals surface area (Å²) in [6, 6.07) is 24.0. The fourth-order valence-corrected chi connectivity index (χ4v) is 3.53. The minimum absolute atomic E-state index is 0.479. The molecule has 0 spiro atoms. The van der Waals surface area contributed by atoms with Gasteiger partial charge in [0.05, 0.1) is 19.2 Å². The quantitative estimate of drug-likeness (QED) is 0.373. The SMILES string of the molecule is COc1ccccc1-c1n[nH]c(=S)n1NCc1cccc(OCc2cccc(C)c2)c1. The number of hydrogen-bond acceptors (Lipinski definition) is 5. The lowest BCUT2D eigenvalue weighted by Crippen LogP contribution is -2.16. The van der Waals surface area contributed by atoms with Crippen LogP contribution in [0.3, 0.4) is 0 Å². The van der Waals surface area contributed by atoms with Gasteiger partial charge in [-0.05, 0) is 54.5 Å². The van der Waals surface area contributed by atoms with Gasteiger partial charge in [0.1, 0.15) is 18.1 Å². The Kier molecular flexibility index (Phi) is 6.33. The second kappa shape index (κ2) is 9.49. The molecule has 0 aliphatic rings. The van der Waals surface area contributed by atoms with Gasteiger partial charge >= 0.3 is 0 Å². The molecule has 158 valence electrons. The molecule has 0 amide bonds. The van der Waals surface area contributed by atoms with Crippen LogP contribution in [-0.2, 0) is 13.2 Å². The van der Waals surface area contributed by atoms with Gasteiger partial charge in [-0.3, -0.25) is 0 Å². The second-order valence-corrected chi connectivity index (χ2v) is 7.53. The van der Waals surface area contributed by atoms with E-state index in [1.807, 2.05) is 54.6 Å². The first-order valence-electron chi connectivity index (χ1n) is 9.96. The Hall–Kier alpha value is -3.58. The summed E-state index contributed by atoms with van der Waals surface area (Å²) in [6.45, 7) is 3.16. The molecular weight excluding hydrogens is 408 g/mol. The molecule has 0 radical (unpaired) electrons. The van der Waals surface area contributed by atoms with Crippen molar-refractivity contribution in [2.24, 2.45) is 0 Å². The molecule has 0 aliphatic carbocycles. The summed E-state index contributed by atoms with van der Waals surface area (Å²) in [6.07, 6.45) is 0. The van der Waals surface area contributed by atoms with Crippen molar-refractivity contribution >= 4 is 12.2 Å². The van der Waals surface area contributed by atoms with Crippen LogP contribution in [0.25, 0.3) is 11.4 Å². The van der Waals surface area contributed by atoms with Crippen molar-refractivity contribution in [1.82, 2.24) is 14.9 Å². The molecule has 0 fully saturated rings. The molecule has 1 heterocycles. The van der Waals surface area contributed by atoms with Crippen LogP contribution in [0.4, 0.5) is 0 Å². The number of para-hydroxylation sites is 1. The van der Waals surface area contributed by atoms with Crippen molar-refractivity contribution in [2.45, 2.75) is 20.1 Å². The standard InChI is InChI=1S/C24H24N4O2S/c1-17-7-5-9-19(13-17)16-30-20-10-6-8-18(14-20)15-25-28-23(26-27-24(28)31)21-11-3-4-12-22(21)29-2/h3-14,25H,15-16H2,1-2H3,(H,27,31). The largest absolute Gasteiger partial charge is 0.496 e. The van der Waals surface area contributed by atoms with E-state index in [-0.39, 0.29) is 0 Å². The number of hydrogen-bond donors (Lipinski definition) is 2. The number of aromatic nitrogens is 3. The van der Waals surface area contributed by atoms with Gasteiger partial charge in [0, 0.05) is 0 Å². The Labute approximate surface area is 186 Å². The molecule has 0 atom stereocenters. The molecule has 6 nitrogen and oxygen atoms in total. The second-order valence-electron chi connectivity index (χ2n) is 7.15. The van der Waals surface area contributed by atoms with Crippen LogP contribution in [-0.4, -0.2) is 22.0 Å². The smallest absolute Gasteiger partial charge is 0.214 e. The third kappa shape index (κ3) is 4.95. The van der Waals surface area contributed by atoms with Crippen LogP contribution < -0.4 is 14.9 Å². The van der Waals surface area contributed by atoms with Gasteiger partial charge in [0.25, 0.3) is 0 Å². The summed E-state index contributed by atoms with van der Waals surface area (Å²) in [4.78, 5) is 0. The Morgan fingerprint density at radius 2 is 1.81 bits per heavy atom. The molecule has 0 bridgehead atoms. The number of benzene rings is 3. The number of nitrogens with zero attached hydrogens (tertiary/aromatic N) is 2. The van der Waals surface area contributed by atoms with E-state index in [1.54, 1.807) is 11.8 Å². The highest BCUT2D eigenvalue weighted by Gasteiger charge is 2.13. The highest BCUT2D eigenvalue weighted by molar-refractivity contribution is 7.71. The minimum atomic E-state index is 0.479. The topological polar surface area (TPSA) is 64.1 Å². The molecule has 0 unspecified atom stereocenters. The van der Waals surface area contributed by atoms with E-state index in [9.17, 15) is 0 Å². The molecule has 3 aromatic carbocycles. The Balaban J connectivity index is 1.47. The third-order valence-corrected chi connectivity index (χ3v) is 5.12. The Bertz CT molecular complexity index is 1230.